The summed E-state index contributed by atoms with van der Waals surface area (Å²) < 4.78 is 16.3. The highest BCUT2D eigenvalue weighted by atomic mass is 16.5. The van der Waals surface area contributed by atoms with Crippen LogP contribution in [0.25, 0.3) is 0 Å². The van der Waals surface area contributed by atoms with E-state index >= 15 is 0 Å². The van der Waals surface area contributed by atoms with Crippen molar-refractivity contribution in [1.29, 1.82) is 0 Å². The number of hydrogen-bond acceptors (Lipinski definition) is 6. The van der Waals surface area contributed by atoms with Crippen LogP contribution in [-0.2, 0) is 13.0 Å². The maximum atomic E-state index is 12.2. The molecule has 1 aromatic heterocycles. The summed E-state index contributed by atoms with van der Waals surface area (Å²) in [4.78, 5) is 14.6. The van der Waals surface area contributed by atoms with Gasteiger partial charge in [0, 0.05) is 38.7 Å². The lowest BCUT2D eigenvalue weighted by Crippen LogP contribution is -2.43. The topological polar surface area (TPSA) is 63.9 Å². The lowest BCUT2D eigenvalue weighted by atomic mass is 10.2. The van der Waals surface area contributed by atoms with Gasteiger partial charge in [0.05, 0.1) is 7.11 Å². The zero-order valence-corrected chi connectivity index (χ0v) is 15.2. The molecule has 0 atom stereocenters. The monoisotopic (exact) mass is 358 g/mol. The van der Waals surface area contributed by atoms with Gasteiger partial charge < -0.3 is 24.1 Å². The lowest BCUT2D eigenvalue weighted by molar-refractivity contribution is 0.236. The van der Waals surface area contributed by atoms with Gasteiger partial charge in [-0.25, -0.2) is 0 Å². The summed E-state index contributed by atoms with van der Waals surface area (Å²) in [6, 6.07) is 9.09. The van der Waals surface area contributed by atoms with E-state index in [2.05, 4.69) is 10.2 Å². The Hall–Kier alpha value is -2.31. The minimum atomic E-state index is -0.137. The summed E-state index contributed by atoms with van der Waals surface area (Å²) in [5.41, 5.74) is 0.826. The predicted molar refractivity (Wildman–Crippen MR) is 99.9 cm³/mol. The second-order valence-corrected chi connectivity index (χ2v) is 6.41. The molecule has 0 amide bonds. The Morgan fingerprint density at radius 1 is 1.19 bits per heavy atom. The summed E-state index contributed by atoms with van der Waals surface area (Å²) in [5, 5.41) is 3.34. The van der Waals surface area contributed by atoms with E-state index in [-0.39, 0.29) is 11.2 Å². The first-order chi connectivity index (χ1) is 12.7. The molecule has 1 aromatic carbocycles. The number of hydrogen-bond donors (Lipinski definition) is 1. The highest BCUT2D eigenvalue weighted by Gasteiger charge is 2.10. The van der Waals surface area contributed by atoms with Crippen LogP contribution in [0.15, 0.2) is 45.8 Å². The average molecular weight is 358 g/mol. The number of piperazine rings is 1. The first kappa shape index (κ1) is 18.5. The van der Waals surface area contributed by atoms with Crippen LogP contribution < -0.4 is 20.2 Å². The normalized spacial score (nSPS) is 15.0. The Labute approximate surface area is 153 Å². The fraction of sp³-hybridized carbons (Fsp3) is 0.450. The molecular formula is C20H26N2O4. The number of nitrogens with one attached hydrogen (secondary N) is 1. The molecule has 1 fully saturated rings. The molecule has 6 heteroatoms. The number of aryl methyl sites for hydroxylation is 1. The standard InChI is InChI=1S/C20H26N2O4/c1-24-17-6-4-16(5-7-17)14-26-20-15-25-18(13-19(20)23)3-2-10-22-11-8-21-9-12-22/h4-7,13,15,21H,2-3,8-12,14H2,1H3. The molecule has 2 aromatic rings. The summed E-state index contributed by atoms with van der Waals surface area (Å²) in [6.07, 6.45) is 3.17. The summed E-state index contributed by atoms with van der Waals surface area (Å²) in [5.74, 6) is 1.74. The molecule has 0 unspecified atom stereocenters. The van der Waals surface area contributed by atoms with E-state index in [4.69, 9.17) is 13.9 Å². The van der Waals surface area contributed by atoms with Gasteiger partial charge in [-0.05, 0) is 30.7 Å². The van der Waals surface area contributed by atoms with Crippen LogP contribution >= 0.6 is 0 Å². The van der Waals surface area contributed by atoms with Gasteiger partial charge in [-0.15, -0.1) is 0 Å². The Bertz CT molecular complexity index is 736. The van der Waals surface area contributed by atoms with Crippen molar-refractivity contribution in [2.75, 3.05) is 39.8 Å². The first-order valence-corrected chi connectivity index (χ1v) is 9.05. The second-order valence-electron chi connectivity index (χ2n) is 6.41. The predicted octanol–water partition coefficient (Wildman–Crippen LogP) is 2.07. The minimum Gasteiger partial charge on any atom is -0.497 e. The van der Waals surface area contributed by atoms with Gasteiger partial charge in [0.25, 0.3) is 0 Å². The second kappa shape index (κ2) is 9.40. The average Bonchev–Trinajstić information content (AvgIpc) is 2.68. The summed E-state index contributed by atoms with van der Waals surface area (Å²) in [7, 11) is 1.63. The molecule has 6 nitrogen and oxygen atoms in total. The van der Waals surface area contributed by atoms with Gasteiger partial charge in [0.1, 0.15) is 24.4 Å². The Morgan fingerprint density at radius 2 is 1.96 bits per heavy atom. The number of nitrogens with zero attached hydrogens (tertiary/aromatic N) is 1. The van der Waals surface area contributed by atoms with Crippen molar-refractivity contribution in [2.24, 2.45) is 0 Å². The first-order valence-electron chi connectivity index (χ1n) is 9.05. The maximum absolute atomic E-state index is 12.2. The molecule has 0 aliphatic carbocycles. The van der Waals surface area contributed by atoms with Gasteiger partial charge in [-0.2, -0.15) is 0 Å². The largest absolute Gasteiger partial charge is 0.497 e. The molecule has 1 aliphatic heterocycles. The molecule has 1 saturated heterocycles. The van der Waals surface area contributed by atoms with E-state index < -0.39 is 0 Å². The third kappa shape index (κ3) is 5.34. The van der Waals surface area contributed by atoms with E-state index in [1.165, 1.54) is 6.26 Å². The molecule has 1 N–H and O–H groups in total. The van der Waals surface area contributed by atoms with Gasteiger partial charge in [-0.3, -0.25) is 4.79 Å². The Balaban J connectivity index is 1.47. The molecule has 1 aliphatic rings. The number of ether oxygens (including phenoxy) is 2. The molecule has 0 bridgehead atoms. The van der Waals surface area contributed by atoms with Gasteiger partial charge in [-0.1, -0.05) is 12.1 Å². The van der Waals surface area contributed by atoms with Crippen molar-refractivity contribution in [2.45, 2.75) is 19.4 Å². The molecule has 140 valence electrons. The Morgan fingerprint density at radius 3 is 2.65 bits per heavy atom. The number of rotatable bonds is 8. The van der Waals surface area contributed by atoms with E-state index in [9.17, 15) is 4.79 Å². The fourth-order valence-electron chi connectivity index (χ4n) is 2.97. The van der Waals surface area contributed by atoms with Crippen LogP contribution in [0, 0.1) is 0 Å². The fourth-order valence-corrected chi connectivity index (χ4v) is 2.97. The van der Waals surface area contributed by atoms with Crippen molar-refractivity contribution < 1.29 is 13.9 Å². The minimum absolute atomic E-state index is 0.137. The van der Waals surface area contributed by atoms with Crippen LogP contribution in [0.4, 0.5) is 0 Å². The van der Waals surface area contributed by atoms with E-state index in [1.807, 2.05) is 24.3 Å². The van der Waals surface area contributed by atoms with E-state index in [0.717, 1.165) is 56.9 Å². The molecule has 0 radical (unpaired) electrons. The maximum Gasteiger partial charge on any atom is 0.226 e. The summed E-state index contributed by atoms with van der Waals surface area (Å²) >= 11 is 0. The number of methoxy groups -OCH3 is 1. The van der Waals surface area contributed by atoms with Crippen molar-refractivity contribution in [3.63, 3.8) is 0 Å². The zero-order valence-electron chi connectivity index (χ0n) is 15.2. The molecule has 0 saturated carbocycles. The quantitative estimate of drug-likeness (QED) is 0.779. The molecule has 26 heavy (non-hydrogen) atoms. The third-order valence-electron chi connectivity index (χ3n) is 4.51. The summed E-state index contributed by atoms with van der Waals surface area (Å²) in [6.45, 7) is 5.62. The van der Waals surface area contributed by atoms with Crippen LogP contribution in [0.5, 0.6) is 11.5 Å². The molecule has 2 heterocycles. The van der Waals surface area contributed by atoms with Crippen molar-refractivity contribution in [3.05, 3.63) is 58.1 Å². The molecular weight excluding hydrogens is 332 g/mol. The van der Waals surface area contributed by atoms with Crippen LogP contribution in [0.3, 0.4) is 0 Å². The number of benzene rings is 1. The van der Waals surface area contributed by atoms with Crippen molar-refractivity contribution >= 4 is 0 Å². The molecule has 0 spiro atoms. The Kier molecular flexibility index (Phi) is 6.68. The smallest absolute Gasteiger partial charge is 0.226 e. The SMILES string of the molecule is COc1ccc(COc2coc(CCCN3CCNCC3)cc2=O)cc1. The molecule has 3 rings (SSSR count). The van der Waals surface area contributed by atoms with Gasteiger partial charge in [0.15, 0.2) is 0 Å². The third-order valence-corrected chi connectivity index (χ3v) is 4.51. The van der Waals surface area contributed by atoms with E-state index in [0.29, 0.717) is 12.4 Å². The van der Waals surface area contributed by atoms with Crippen LogP contribution in [-0.4, -0.2) is 44.7 Å². The zero-order chi connectivity index (χ0) is 18.2. The van der Waals surface area contributed by atoms with Crippen LogP contribution in [0.2, 0.25) is 0 Å². The van der Waals surface area contributed by atoms with Crippen LogP contribution in [0.1, 0.15) is 17.7 Å². The lowest BCUT2D eigenvalue weighted by Gasteiger charge is -2.26. The highest BCUT2D eigenvalue weighted by molar-refractivity contribution is 5.27. The van der Waals surface area contributed by atoms with Crippen molar-refractivity contribution in [1.82, 2.24) is 10.2 Å². The van der Waals surface area contributed by atoms with Crippen molar-refractivity contribution in [3.8, 4) is 11.5 Å². The highest BCUT2D eigenvalue weighted by Crippen LogP contribution is 2.14. The van der Waals surface area contributed by atoms with Gasteiger partial charge >= 0.3 is 0 Å². The van der Waals surface area contributed by atoms with E-state index in [1.54, 1.807) is 13.2 Å². The van der Waals surface area contributed by atoms with Gasteiger partial charge in [0.2, 0.25) is 11.2 Å².